The molecule has 1 aromatic heterocycles. The summed E-state index contributed by atoms with van der Waals surface area (Å²) < 4.78 is 0. The Morgan fingerprint density at radius 2 is 2.05 bits per heavy atom. The Hall–Kier alpha value is -3.09. The zero-order chi connectivity index (χ0) is 15.9. The number of aryl methyl sites for hydroxylation is 1. The summed E-state index contributed by atoms with van der Waals surface area (Å²) in [5.74, 6) is -0.144. The van der Waals surface area contributed by atoms with E-state index < -0.39 is 0 Å². The number of hydrogen-bond acceptors (Lipinski definition) is 5. The molecule has 0 bridgehead atoms. The number of amides is 1. The molecular weight excluding hydrogens is 296 g/mol. The molecule has 2 rings (SSSR count). The van der Waals surface area contributed by atoms with Crippen molar-refractivity contribution in [3.05, 3.63) is 57.9 Å². The van der Waals surface area contributed by atoms with Gasteiger partial charge in [-0.2, -0.15) is 10.5 Å². The fraction of sp³-hybridized carbons (Fsp3) is 0.0625. The summed E-state index contributed by atoms with van der Waals surface area (Å²) in [6.07, 6.45) is 1.35. The highest BCUT2D eigenvalue weighted by molar-refractivity contribution is 7.12. The lowest BCUT2D eigenvalue weighted by Crippen LogP contribution is -2.11. The van der Waals surface area contributed by atoms with E-state index in [4.69, 9.17) is 10.5 Å². The summed E-state index contributed by atoms with van der Waals surface area (Å²) in [4.78, 5) is 12.7. The van der Waals surface area contributed by atoms with Crippen LogP contribution in [-0.4, -0.2) is 5.91 Å². The largest absolute Gasteiger partial charge is 0.360 e. The van der Waals surface area contributed by atoms with Gasteiger partial charge >= 0.3 is 0 Å². The van der Waals surface area contributed by atoms with E-state index in [9.17, 15) is 4.79 Å². The Kier molecular flexibility index (Phi) is 4.92. The molecule has 0 spiro atoms. The highest BCUT2D eigenvalue weighted by Gasteiger charge is 2.08. The molecule has 6 heteroatoms. The Bertz CT molecular complexity index is 779. The molecule has 0 aliphatic heterocycles. The fourth-order valence-electron chi connectivity index (χ4n) is 1.73. The van der Waals surface area contributed by atoms with E-state index in [1.165, 1.54) is 17.5 Å². The molecule has 2 N–H and O–H groups in total. The number of thiophene rings is 1. The van der Waals surface area contributed by atoms with Crippen LogP contribution in [-0.2, 0) is 0 Å². The molecule has 0 saturated heterocycles. The maximum atomic E-state index is 12.0. The van der Waals surface area contributed by atoms with Gasteiger partial charge in [0.2, 0.25) is 0 Å². The van der Waals surface area contributed by atoms with Crippen LogP contribution in [0.1, 0.15) is 15.2 Å². The van der Waals surface area contributed by atoms with Gasteiger partial charge in [-0.25, -0.2) is 0 Å². The number of allylic oxidation sites excluding steroid dienone is 1. The van der Waals surface area contributed by atoms with Crippen molar-refractivity contribution in [3.8, 4) is 12.1 Å². The molecule has 0 fully saturated rings. The molecule has 1 aromatic carbocycles. The number of nitriles is 2. The molecule has 0 saturated carbocycles. The van der Waals surface area contributed by atoms with E-state index in [-0.39, 0.29) is 11.5 Å². The van der Waals surface area contributed by atoms with E-state index in [0.717, 1.165) is 11.3 Å². The summed E-state index contributed by atoms with van der Waals surface area (Å²) in [5.41, 5.74) is 2.31. The predicted molar refractivity (Wildman–Crippen MR) is 86.4 cm³/mol. The van der Waals surface area contributed by atoms with Crippen molar-refractivity contribution in [3.63, 3.8) is 0 Å². The summed E-state index contributed by atoms with van der Waals surface area (Å²) in [5, 5.41) is 24.9. The summed E-state index contributed by atoms with van der Waals surface area (Å²) in [6, 6.07) is 12.5. The lowest BCUT2D eigenvalue weighted by molar-refractivity contribution is 0.103. The van der Waals surface area contributed by atoms with Crippen molar-refractivity contribution in [1.82, 2.24) is 0 Å². The third-order valence-corrected chi connectivity index (χ3v) is 3.71. The molecule has 0 atom stereocenters. The smallest absolute Gasteiger partial charge is 0.265 e. The first-order valence-electron chi connectivity index (χ1n) is 6.36. The molecule has 5 nitrogen and oxygen atoms in total. The zero-order valence-corrected chi connectivity index (χ0v) is 12.6. The number of anilines is 2. The van der Waals surface area contributed by atoms with Gasteiger partial charge in [0.1, 0.15) is 17.7 Å². The normalized spacial score (nSPS) is 9.23. The van der Waals surface area contributed by atoms with E-state index in [2.05, 4.69) is 10.6 Å². The van der Waals surface area contributed by atoms with Crippen molar-refractivity contribution in [2.45, 2.75) is 6.92 Å². The van der Waals surface area contributed by atoms with Crippen LogP contribution in [0.3, 0.4) is 0 Å². The van der Waals surface area contributed by atoms with Gasteiger partial charge in [-0.05, 0) is 42.1 Å². The Morgan fingerprint density at radius 1 is 1.27 bits per heavy atom. The number of carbonyl (C=O) groups excluding carboxylic acids is 1. The quantitative estimate of drug-likeness (QED) is 0.844. The number of nitrogens with zero attached hydrogens (tertiary/aromatic N) is 2. The van der Waals surface area contributed by atoms with E-state index in [0.29, 0.717) is 10.6 Å². The van der Waals surface area contributed by atoms with Crippen molar-refractivity contribution < 1.29 is 4.79 Å². The minimum Gasteiger partial charge on any atom is -0.360 e. The third kappa shape index (κ3) is 3.72. The molecule has 108 valence electrons. The first-order valence-corrected chi connectivity index (χ1v) is 7.24. The number of rotatable bonds is 4. The summed E-state index contributed by atoms with van der Waals surface area (Å²) in [7, 11) is 0. The second-order valence-electron chi connectivity index (χ2n) is 4.39. The average molecular weight is 308 g/mol. The van der Waals surface area contributed by atoms with Crippen LogP contribution in [0.2, 0.25) is 0 Å². The first kappa shape index (κ1) is 15.3. The van der Waals surface area contributed by atoms with Crippen molar-refractivity contribution in [1.29, 1.82) is 10.5 Å². The van der Waals surface area contributed by atoms with Crippen molar-refractivity contribution in [2.75, 3.05) is 10.6 Å². The fourth-order valence-corrected chi connectivity index (χ4v) is 2.35. The highest BCUT2D eigenvalue weighted by Crippen LogP contribution is 2.21. The van der Waals surface area contributed by atoms with Crippen molar-refractivity contribution >= 4 is 28.6 Å². The van der Waals surface area contributed by atoms with Crippen LogP contribution in [0, 0.1) is 29.6 Å². The topological polar surface area (TPSA) is 88.7 Å². The van der Waals surface area contributed by atoms with Crippen molar-refractivity contribution in [2.24, 2.45) is 0 Å². The minimum atomic E-state index is -0.144. The monoisotopic (exact) mass is 308 g/mol. The van der Waals surface area contributed by atoms with Crippen LogP contribution < -0.4 is 10.6 Å². The van der Waals surface area contributed by atoms with Crippen LogP contribution in [0.25, 0.3) is 0 Å². The molecule has 1 heterocycles. The third-order valence-electron chi connectivity index (χ3n) is 2.84. The molecule has 0 aliphatic rings. The molecule has 0 radical (unpaired) electrons. The average Bonchev–Trinajstić information content (AvgIpc) is 3.05. The van der Waals surface area contributed by atoms with Gasteiger partial charge < -0.3 is 10.6 Å². The number of hydrogen-bond donors (Lipinski definition) is 2. The Morgan fingerprint density at radius 3 is 2.64 bits per heavy atom. The second-order valence-corrected chi connectivity index (χ2v) is 5.33. The van der Waals surface area contributed by atoms with Crippen LogP contribution in [0.5, 0.6) is 0 Å². The van der Waals surface area contributed by atoms with E-state index >= 15 is 0 Å². The number of nitrogens with one attached hydrogen (secondary N) is 2. The van der Waals surface area contributed by atoms with Crippen LogP contribution in [0.4, 0.5) is 11.4 Å². The Labute approximate surface area is 132 Å². The lowest BCUT2D eigenvalue weighted by Gasteiger charge is -2.09. The standard InChI is InChI=1S/C16H12N4OS/c1-11-7-13(19-10-12(8-17)9-18)4-5-14(11)20-16(21)15-3-2-6-22-15/h2-7,10,19H,1H3,(H,20,21). The van der Waals surface area contributed by atoms with E-state index in [1.807, 2.05) is 24.4 Å². The summed E-state index contributed by atoms with van der Waals surface area (Å²) in [6.45, 7) is 1.87. The van der Waals surface area contributed by atoms with Gasteiger partial charge in [0.25, 0.3) is 5.91 Å². The highest BCUT2D eigenvalue weighted by atomic mass is 32.1. The maximum absolute atomic E-state index is 12.0. The lowest BCUT2D eigenvalue weighted by atomic mass is 10.1. The van der Waals surface area contributed by atoms with Gasteiger partial charge in [-0.1, -0.05) is 6.07 Å². The zero-order valence-electron chi connectivity index (χ0n) is 11.8. The van der Waals surface area contributed by atoms with Gasteiger partial charge in [0.05, 0.1) is 4.88 Å². The molecule has 22 heavy (non-hydrogen) atoms. The van der Waals surface area contributed by atoms with E-state index in [1.54, 1.807) is 30.3 Å². The summed E-state index contributed by atoms with van der Waals surface area (Å²) >= 11 is 1.38. The van der Waals surface area contributed by atoms with Gasteiger partial charge in [0, 0.05) is 17.6 Å². The first-order chi connectivity index (χ1) is 10.6. The predicted octanol–water partition coefficient (Wildman–Crippen LogP) is 3.65. The van der Waals surface area contributed by atoms with Gasteiger partial charge in [-0.3, -0.25) is 4.79 Å². The number of carbonyl (C=O) groups is 1. The van der Waals surface area contributed by atoms with Crippen LogP contribution in [0.15, 0.2) is 47.5 Å². The minimum absolute atomic E-state index is 0.00673. The number of benzene rings is 1. The van der Waals surface area contributed by atoms with Gasteiger partial charge in [-0.15, -0.1) is 11.3 Å². The molecule has 0 unspecified atom stereocenters. The molecule has 2 aromatic rings. The molecule has 0 aliphatic carbocycles. The Balaban J connectivity index is 2.10. The van der Waals surface area contributed by atoms with Crippen LogP contribution >= 0.6 is 11.3 Å². The SMILES string of the molecule is Cc1cc(NC=C(C#N)C#N)ccc1NC(=O)c1cccs1. The van der Waals surface area contributed by atoms with Gasteiger partial charge in [0.15, 0.2) is 0 Å². The maximum Gasteiger partial charge on any atom is 0.265 e. The second kappa shape index (κ2) is 7.07. The molecule has 1 amide bonds. The molecular formula is C16H12N4OS.